The van der Waals surface area contributed by atoms with E-state index in [0.717, 1.165) is 23.6 Å². The van der Waals surface area contributed by atoms with Gasteiger partial charge in [-0.3, -0.25) is 0 Å². The van der Waals surface area contributed by atoms with Crippen LogP contribution in [0.3, 0.4) is 0 Å². The smallest absolute Gasteiger partial charge is 0.150 e. The minimum absolute atomic E-state index is 0.652. The van der Waals surface area contributed by atoms with Crippen molar-refractivity contribution in [2.24, 2.45) is 0 Å². The number of ether oxygens (including phenoxy) is 1. The van der Waals surface area contributed by atoms with Crippen LogP contribution in [0.5, 0.6) is 11.5 Å². The molecule has 0 aliphatic heterocycles. The topological polar surface area (TPSA) is 21.3 Å². The third-order valence-corrected chi connectivity index (χ3v) is 3.47. The summed E-state index contributed by atoms with van der Waals surface area (Å²) in [6.45, 7) is 0.799. The summed E-state index contributed by atoms with van der Waals surface area (Å²) in [5.74, 6) is 1.56. The van der Waals surface area contributed by atoms with Crippen LogP contribution in [0.4, 0.5) is 0 Å². The first kappa shape index (κ1) is 12.5. The van der Waals surface area contributed by atoms with E-state index in [4.69, 9.17) is 16.3 Å². The highest BCUT2D eigenvalue weighted by Crippen LogP contribution is 2.33. The molecule has 0 unspecified atom stereocenters. The number of hydrogen-bond acceptors (Lipinski definition) is 2. The zero-order valence-electron chi connectivity index (χ0n) is 10.6. The molecule has 2 aromatic rings. The average Bonchev–Trinajstić information content (AvgIpc) is 3.25. The van der Waals surface area contributed by atoms with Crippen molar-refractivity contribution in [2.45, 2.75) is 25.4 Å². The Morgan fingerprint density at radius 3 is 2.58 bits per heavy atom. The van der Waals surface area contributed by atoms with Crippen molar-refractivity contribution in [1.29, 1.82) is 0 Å². The Morgan fingerprint density at radius 1 is 1.05 bits per heavy atom. The Morgan fingerprint density at radius 2 is 1.84 bits per heavy atom. The van der Waals surface area contributed by atoms with Crippen LogP contribution in [0.1, 0.15) is 18.4 Å². The highest BCUT2D eigenvalue weighted by atomic mass is 35.5. The molecular weight excluding hydrogens is 258 g/mol. The minimum atomic E-state index is 0.652. The lowest BCUT2D eigenvalue weighted by molar-refractivity contribution is 0.473. The van der Waals surface area contributed by atoms with Gasteiger partial charge in [-0.25, -0.2) is 0 Å². The number of nitrogens with one attached hydrogen (secondary N) is 1. The van der Waals surface area contributed by atoms with Crippen LogP contribution < -0.4 is 10.1 Å². The highest BCUT2D eigenvalue weighted by molar-refractivity contribution is 6.32. The Kier molecular flexibility index (Phi) is 3.72. The SMILES string of the molecule is Clc1cccc(CNC2CC2)c1Oc1ccccc1. The molecule has 0 spiro atoms. The predicted octanol–water partition coefficient (Wildman–Crippen LogP) is 4.38. The normalized spacial score (nSPS) is 14.4. The molecule has 2 aromatic carbocycles. The van der Waals surface area contributed by atoms with Gasteiger partial charge in [-0.2, -0.15) is 0 Å². The van der Waals surface area contributed by atoms with Gasteiger partial charge in [0.25, 0.3) is 0 Å². The Bertz CT molecular complexity index is 552. The van der Waals surface area contributed by atoms with Crippen LogP contribution in [0, 0.1) is 0 Å². The number of halogens is 1. The monoisotopic (exact) mass is 273 g/mol. The summed E-state index contributed by atoms with van der Waals surface area (Å²) < 4.78 is 5.92. The fourth-order valence-corrected chi connectivity index (χ4v) is 2.19. The summed E-state index contributed by atoms with van der Waals surface area (Å²) in [5.41, 5.74) is 1.10. The van der Waals surface area contributed by atoms with Crippen molar-refractivity contribution in [2.75, 3.05) is 0 Å². The van der Waals surface area contributed by atoms with Crippen molar-refractivity contribution in [3.8, 4) is 11.5 Å². The molecule has 3 rings (SSSR count). The molecule has 1 fully saturated rings. The molecule has 1 aliphatic carbocycles. The predicted molar refractivity (Wildman–Crippen MR) is 77.8 cm³/mol. The molecule has 3 heteroatoms. The molecule has 1 N–H and O–H groups in total. The van der Waals surface area contributed by atoms with Gasteiger partial charge in [-0.1, -0.05) is 41.9 Å². The Balaban J connectivity index is 1.81. The quantitative estimate of drug-likeness (QED) is 0.873. The van der Waals surface area contributed by atoms with Crippen LogP contribution in [0.25, 0.3) is 0 Å². The second-order valence-corrected chi connectivity index (χ2v) is 5.21. The maximum atomic E-state index is 6.26. The van der Waals surface area contributed by atoms with E-state index in [1.54, 1.807) is 0 Å². The van der Waals surface area contributed by atoms with Crippen LogP contribution in [0.15, 0.2) is 48.5 Å². The largest absolute Gasteiger partial charge is 0.455 e. The molecule has 98 valence electrons. The Labute approximate surface area is 118 Å². The van der Waals surface area contributed by atoms with Crippen molar-refractivity contribution in [1.82, 2.24) is 5.32 Å². The molecule has 19 heavy (non-hydrogen) atoms. The van der Waals surface area contributed by atoms with Crippen molar-refractivity contribution in [3.63, 3.8) is 0 Å². The van der Waals surface area contributed by atoms with E-state index < -0.39 is 0 Å². The van der Waals surface area contributed by atoms with E-state index >= 15 is 0 Å². The number of rotatable bonds is 5. The summed E-state index contributed by atoms with van der Waals surface area (Å²) >= 11 is 6.26. The lowest BCUT2D eigenvalue weighted by Crippen LogP contribution is -2.15. The van der Waals surface area contributed by atoms with Crippen molar-refractivity contribution < 1.29 is 4.74 Å². The zero-order valence-corrected chi connectivity index (χ0v) is 11.4. The molecule has 2 nitrogen and oxygen atoms in total. The summed E-state index contributed by atoms with van der Waals surface area (Å²) in [7, 11) is 0. The molecule has 0 aromatic heterocycles. The van der Waals surface area contributed by atoms with Crippen LogP contribution >= 0.6 is 11.6 Å². The maximum absolute atomic E-state index is 6.26. The standard InChI is InChI=1S/C16H16ClNO/c17-15-8-4-5-12(11-18-13-9-10-13)16(15)19-14-6-2-1-3-7-14/h1-8,13,18H,9-11H2. The van der Waals surface area contributed by atoms with E-state index in [1.807, 2.05) is 42.5 Å². The fraction of sp³-hybridized carbons (Fsp3) is 0.250. The van der Waals surface area contributed by atoms with E-state index in [0.29, 0.717) is 11.1 Å². The molecule has 0 amide bonds. The van der Waals surface area contributed by atoms with E-state index in [1.165, 1.54) is 12.8 Å². The second-order valence-electron chi connectivity index (χ2n) is 4.80. The maximum Gasteiger partial charge on any atom is 0.150 e. The third kappa shape index (κ3) is 3.28. The molecule has 0 radical (unpaired) electrons. The van der Waals surface area contributed by atoms with Gasteiger partial charge in [-0.05, 0) is 31.0 Å². The summed E-state index contributed by atoms with van der Waals surface area (Å²) in [5, 5.41) is 4.14. The lowest BCUT2D eigenvalue weighted by Gasteiger charge is -2.13. The van der Waals surface area contributed by atoms with Crippen LogP contribution in [-0.4, -0.2) is 6.04 Å². The van der Waals surface area contributed by atoms with Crippen molar-refractivity contribution in [3.05, 3.63) is 59.1 Å². The minimum Gasteiger partial charge on any atom is -0.455 e. The first-order valence-corrected chi connectivity index (χ1v) is 6.94. The molecule has 1 saturated carbocycles. The first-order chi connectivity index (χ1) is 9.33. The Hall–Kier alpha value is -1.51. The van der Waals surface area contributed by atoms with Gasteiger partial charge in [0, 0.05) is 18.2 Å². The van der Waals surface area contributed by atoms with Gasteiger partial charge in [0.2, 0.25) is 0 Å². The third-order valence-electron chi connectivity index (χ3n) is 3.17. The van der Waals surface area contributed by atoms with Gasteiger partial charge in [0.1, 0.15) is 11.5 Å². The van der Waals surface area contributed by atoms with E-state index in [9.17, 15) is 0 Å². The fourth-order valence-electron chi connectivity index (χ4n) is 1.96. The van der Waals surface area contributed by atoms with Crippen LogP contribution in [-0.2, 0) is 6.54 Å². The number of hydrogen-bond donors (Lipinski definition) is 1. The first-order valence-electron chi connectivity index (χ1n) is 6.56. The molecular formula is C16H16ClNO. The van der Waals surface area contributed by atoms with Gasteiger partial charge < -0.3 is 10.1 Å². The summed E-state index contributed by atoms with van der Waals surface area (Å²) in [6.07, 6.45) is 2.55. The molecule has 0 atom stereocenters. The van der Waals surface area contributed by atoms with Gasteiger partial charge in [-0.15, -0.1) is 0 Å². The van der Waals surface area contributed by atoms with Gasteiger partial charge >= 0.3 is 0 Å². The summed E-state index contributed by atoms with van der Waals surface area (Å²) in [6, 6.07) is 16.3. The van der Waals surface area contributed by atoms with Crippen molar-refractivity contribution >= 4 is 11.6 Å². The number of para-hydroxylation sites is 2. The lowest BCUT2D eigenvalue weighted by atomic mass is 10.2. The molecule has 0 bridgehead atoms. The average molecular weight is 274 g/mol. The molecule has 0 heterocycles. The summed E-state index contributed by atoms with van der Waals surface area (Å²) in [4.78, 5) is 0. The van der Waals surface area contributed by atoms with E-state index in [2.05, 4.69) is 11.4 Å². The molecule has 0 saturated heterocycles. The van der Waals surface area contributed by atoms with E-state index in [-0.39, 0.29) is 0 Å². The number of benzene rings is 2. The van der Waals surface area contributed by atoms with Crippen LogP contribution in [0.2, 0.25) is 5.02 Å². The highest BCUT2D eigenvalue weighted by Gasteiger charge is 2.21. The zero-order chi connectivity index (χ0) is 13.1. The molecule has 1 aliphatic rings. The van der Waals surface area contributed by atoms with Gasteiger partial charge in [0.05, 0.1) is 5.02 Å². The second kappa shape index (κ2) is 5.64. The van der Waals surface area contributed by atoms with Gasteiger partial charge in [0.15, 0.2) is 0 Å².